The summed E-state index contributed by atoms with van der Waals surface area (Å²) in [5, 5.41) is 15.6. The molecule has 0 spiro atoms. The number of hydrogen-bond acceptors (Lipinski definition) is 9. The average Bonchev–Trinajstić information content (AvgIpc) is 3.39. The van der Waals surface area contributed by atoms with Crippen LogP contribution in [-0.4, -0.2) is 85.0 Å². The van der Waals surface area contributed by atoms with Crippen LogP contribution in [0.5, 0.6) is 11.6 Å². The predicted octanol–water partition coefficient (Wildman–Crippen LogP) is 1.63. The van der Waals surface area contributed by atoms with Gasteiger partial charge in [-0.1, -0.05) is 12.1 Å². The maximum absolute atomic E-state index is 12.7. The van der Waals surface area contributed by atoms with E-state index in [4.69, 9.17) is 14.2 Å². The van der Waals surface area contributed by atoms with Crippen LogP contribution in [0.25, 0.3) is 17.0 Å². The first-order chi connectivity index (χ1) is 18.5. The van der Waals surface area contributed by atoms with Gasteiger partial charge in [0.05, 0.1) is 31.8 Å². The number of sulfonamides is 1. The molecule has 1 fully saturated rings. The summed E-state index contributed by atoms with van der Waals surface area (Å²) in [5.41, 5.74) is 1.69. The zero-order valence-electron chi connectivity index (χ0n) is 20.6. The maximum Gasteiger partial charge on any atom is 0.251 e. The molecule has 0 radical (unpaired) electrons. The minimum absolute atomic E-state index is 0.142. The van der Waals surface area contributed by atoms with Gasteiger partial charge in [-0.05, 0) is 42.5 Å². The van der Waals surface area contributed by atoms with Crippen LogP contribution in [0.3, 0.4) is 0 Å². The molecule has 0 bridgehead atoms. The lowest BCUT2D eigenvalue weighted by atomic mass is 10.2. The number of rotatable bonds is 9. The van der Waals surface area contributed by atoms with Crippen molar-refractivity contribution in [3.8, 4) is 23.0 Å². The van der Waals surface area contributed by atoms with Crippen molar-refractivity contribution >= 4 is 21.6 Å². The first-order valence-electron chi connectivity index (χ1n) is 11.9. The molecule has 13 heteroatoms. The standard InChI is InChI=1S/C25H26N6O6S/c1-35-20-4-2-3-19(17-20)24-28-27-22-9-10-23(29-31(22)24)37-14-11-26-25(32)18-5-7-21(8-6-18)38(33,34)30-12-15-36-16-13-30/h2-10,17H,11-16H2,1H3,(H,26,32). The second-order valence-corrected chi connectivity index (χ2v) is 10.3. The Morgan fingerprint density at radius 1 is 1.05 bits per heavy atom. The van der Waals surface area contributed by atoms with Crippen LogP contribution in [0.2, 0.25) is 0 Å². The summed E-state index contributed by atoms with van der Waals surface area (Å²) < 4.78 is 44.7. The zero-order valence-corrected chi connectivity index (χ0v) is 21.4. The highest BCUT2D eigenvalue weighted by Gasteiger charge is 2.26. The van der Waals surface area contributed by atoms with Gasteiger partial charge in [0.2, 0.25) is 15.9 Å². The Labute approximate surface area is 219 Å². The number of amides is 1. The molecule has 1 saturated heterocycles. The van der Waals surface area contributed by atoms with E-state index in [1.54, 1.807) is 23.8 Å². The van der Waals surface area contributed by atoms with Crippen LogP contribution in [-0.2, 0) is 14.8 Å². The predicted molar refractivity (Wildman–Crippen MR) is 137 cm³/mol. The number of carbonyl (C=O) groups is 1. The lowest BCUT2D eigenvalue weighted by Gasteiger charge is -2.26. The first-order valence-corrected chi connectivity index (χ1v) is 13.4. The molecule has 5 rings (SSSR count). The molecule has 38 heavy (non-hydrogen) atoms. The van der Waals surface area contributed by atoms with E-state index in [-0.39, 0.29) is 24.0 Å². The fourth-order valence-corrected chi connectivity index (χ4v) is 5.34. The molecular weight excluding hydrogens is 512 g/mol. The third-order valence-electron chi connectivity index (χ3n) is 5.93. The van der Waals surface area contributed by atoms with Crippen LogP contribution >= 0.6 is 0 Å². The van der Waals surface area contributed by atoms with Gasteiger partial charge in [0.25, 0.3) is 5.91 Å². The number of ether oxygens (including phenoxy) is 3. The van der Waals surface area contributed by atoms with Gasteiger partial charge in [-0.15, -0.1) is 15.3 Å². The number of morpholine rings is 1. The first kappa shape index (κ1) is 25.6. The van der Waals surface area contributed by atoms with Gasteiger partial charge in [-0.25, -0.2) is 8.42 Å². The summed E-state index contributed by atoms with van der Waals surface area (Å²) in [6.45, 7) is 1.75. The van der Waals surface area contributed by atoms with Crippen molar-refractivity contribution in [2.24, 2.45) is 0 Å². The minimum Gasteiger partial charge on any atom is -0.497 e. The van der Waals surface area contributed by atoms with E-state index >= 15 is 0 Å². The van der Waals surface area contributed by atoms with E-state index in [1.807, 2.05) is 24.3 Å². The van der Waals surface area contributed by atoms with Crippen molar-refractivity contribution in [1.82, 2.24) is 29.4 Å². The van der Waals surface area contributed by atoms with Crippen LogP contribution in [0, 0.1) is 0 Å². The summed E-state index contributed by atoms with van der Waals surface area (Å²) in [6.07, 6.45) is 0. The summed E-state index contributed by atoms with van der Waals surface area (Å²) in [4.78, 5) is 12.7. The quantitative estimate of drug-likeness (QED) is 0.315. The van der Waals surface area contributed by atoms with Gasteiger partial charge in [-0.2, -0.15) is 8.82 Å². The molecule has 0 atom stereocenters. The van der Waals surface area contributed by atoms with Crippen molar-refractivity contribution < 1.29 is 27.4 Å². The monoisotopic (exact) mass is 538 g/mol. The maximum atomic E-state index is 12.7. The Bertz CT molecular complexity index is 1530. The highest BCUT2D eigenvalue weighted by molar-refractivity contribution is 7.89. The number of fused-ring (bicyclic) bond motifs is 1. The fourth-order valence-electron chi connectivity index (χ4n) is 3.93. The molecule has 2 aromatic carbocycles. The summed E-state index contributed by atoms with van der Waals surface area (Å²) in [7, 11) is -2.02. The summed E-state index contributed by atoms with van der Waals surface area (Å²) in [6, 6.07) is 16.7. The molecule has 0 aliphatic carbocycles. The van der Waals surface area contributed by atoms with Crippen molar-refractivity contribution in [2.75, 3.05) is 46.6 Å². The Morgan fingerprint density at radius 3 is 2.61 bits per heavy atom. The highest BCUT2D eigenvalue weighted by Crippen LogP contribution is 2.23. The van der Waals surface area contributed by atoms with Gasteiger partial charge < -0.3 is 19.5 Å². The van der Waals surface area contributed by atoms with E-state index in [2.05, 4.69) is 20.6 Å². The Balaban J connectivity index is 1.17. The number of methoxy groups -OCH3 is 1. The Kier molecular flexibility index (Phi) is 7.49. The Hall–Kier alpha value is -4.07. The third kappa shape index (κ3) is 5.44. The summed E-state index contributed by atoms with van der Waals surface area (Å²) >= 11 is 0. The molecule has 0 unspecified atom stereocenters. The van der Waals surface area contributed by atoms with Crippen LogP contribution in [0.1, 0.15) is 10.4 Å². The lowest BCUT2D eigenvalue weighted by molar-refractivity contribution is 0.0730. The smallest absolute Gasteiger partial charge is 0.251 e. The van der Waals surface area contributed by atoms with Crippen LogP contribution in [0.4, 0.5) is 0 Å². The highest BCUT2D eigenvalue weighted by atomic mass is 32.2. The number of carbonyl (C=O) groups excluding carboxylic acids is 1. The number of benzene rings is 2. The number of aromatic nitrogens is 4. The molecule has 4 aromatic rings. The number of nitrogens with one attached hydrogen (secondary N) is 1. The largest absolute Gasteiger partial charge is 0.497 e. The van der Waals surface area contributed by atoms with Gasteiger partial charge in [0, 0.05) is 30.3 Å². The number of nitrogens with zero attached hydrogens (tertiary/aromatic N) is 5. The second kappa shape index (κ2) is 11.1. The zero-order chi connectivity index (χ0) is 26.5. The number of hydrogen-bond donors (Lipinski definition) is 1. The lowest BCUT2D eigenvalue weighted by Crippen LogP contribution is -2.40. The molecule has 0 saturated carbocycles. The molecule has 198 valence electrons. The SMILES string of the molecule is COc1cccc(-c2nnc3ccc(OCCNC(=O)c4ccc(S(=O)(=O)N5CCOCC5)cc4)nn23)c1. The van der Waals surface area contributed by atoms with Crippen molar-refractivity contribution in [2.45, 2.75) is 4.90 Å². The molecule has 1 N–H and O–H groups in total. The van der Waals surface area contributed by atoms with Crippen molar-refractivity contribution in [1.29, 1.82) is 0 Å². The van der Waals surface area contributed by atoms with E-state index in [0.29, 0.717) is 55.0 Å². The topological polar surface area (TPSA) is 137 Å². The van der Waals surface area contributed by atoms with Gasteiger partial charge >= 0.3 is 0 Å². The van der Waals surface area contributed by atoms with Gasteiger partial charge in [-0.3, -0.25) is 4.79 Å². The average molecular weight is 539 g/mol. The van der Waals surface area contributed by atoms with Crippen LogP contribution < -0.4 is 14.8 Å². The van der Waals surface area contributed by atoms with E-state index in [1.165, 1.54) is 28.6 Å². The van der Waals surface area contributed by atoms with E-state index in [0.717, 1.165) is 5.56 Å². The summed E-state index contributed by atoms with van der Waals surface area (Å²) in [5.74, 6) is 1.23. The normalized spacial score (nSPS) is 14.3. The molecule has 3 heterocycles. The van der Waals surface area contributed by atoms with E-state index < -0.39 is 10.0 Å². The van der Waals surface area contributed by atoms with Crippen molar-refractivity contribution in [3.63, 3.8) is 0 Å². The minimum atomic E-state index is -3.61. The van der Waals surface area contributed by atoms with Gasteiger partial charge in [0.1, 0.15) is 12.4 Å². The molecule has 1 amide bonds. The molecule has 1 aliphatic rings. The fraction of sp³-hybridized carbons (Fsp3) is 0.280. The third-order valence-corrected chi connectivity index (χ3v) is 7.84. The Morgan fingerprint density at radius 2 is 1.84 bits per heavy atom. The second-order valence-electron chi connectivity index (χ2n) is 8.34. The van der Waals surface area contributed by atoms with E-state index in [9.17, 15) is 13.2 Å². The molecular formula is C25H26N6O6S. The molecule has 2 aromatic heterocycles. The van der Waals surface area contributed by atoms with Crippen LogP contribution in [0.15, 0.2) is 65.6 Å². The molecule has 12 nitrogen and oxygen atoms in total. The van der Waals surface area contributed by atoms with Gasteiger partial charge in [0.15, 0.2) is 11.5 Å². The molecule has 1 aliphatic heterocycles. The van der Waals surface area contributed by atoms with Crippen molar-refractivity contribution in [3.05, 3.63) is 66.2 Å².